The highest BCUT2D eigenvalue weighted by molar-refractivity contribution is 5.45. The molecule has 2 atom stereocenters. The molecule has 2 N–H and O–H groups in total. The average molecular weight is 189 g/mol. The van der Waals surface area contributed by atoms with E-state index in [0.29, 0.717) is 32.6 Å². The summed E-state index contributed by atoms with van der Waals surface area (Å²) in [6.45, 7) is 1.43. The first-order chi connectivity index (χ1) is 6.34. The van der Waals surface area contributed by atoms with Crippen molar-refractivity contribution in [1.29, 1.82) is 0 Å². The Balaban J connectivity index is 2.08. The van der Waals surface area contributed by atoms with Crippen molar-refractivity contribution in [3.8, 4) is 0 Å². The summed E-state index contributed by atoms with van der Waals surface area (Å²) in [4.78, 5) is 9.87. The van der Waals surface area contributed by atoms with Gasteiger partial charge >= 0.3 is 0 Å². The molecule has 0 bridgehead atoms. The van der Waals surface area contributed by atoms with Crippen LogP contribution in [-0.4, -0.2) is 43.7 Å². The second-order valence-electron chi connectivity index (χ2n) is 2.89. The van der Waals surface area contributed by atoms with Gasteiger partial charge in [-0.3, -0.25) is 4.79 Å². The van der Waals surface area contributed by atoms with E-state index in [1.165, 1.54) is 0 Å². The summed E-state index contributed by atoms with van der Waals surface area (Å²) in [7, 11) is 0. The van der Waals surface area contributed by atoms with Crippen LogP contribution in [0.2, 0.25) is 0 Å². The van der Waals surface area contributed by atoms with Crippen molar-refractivity contribution in [3.05, 3.63) is 0 Å². The number of carbonyl (C=O) groups is 1. The third-order valence-corrected chi connectivity index (χ3v) is 1.85. The summed E-state index contributed by atoms with van der Waals surface area (Å²) in [6.07, 6.45) is 1.13. The molecule has 0 spiro atoms. The molecule has 5 nitrogen and oxygen atoms in total. The van der Waals surface area contributed by atoms with Crippen LogP contribution in [0.15, 0.2) is 0 Å². The topological polar surface area (TPSA) is 67.8 Å². The molecule has 76 valence electrons. The molecule has 1 aliphatic heterocycles. The fraction of sp³-hybridized carbons (Fsp3) is 0.875. The molecule has 5 heteroatoms. The van der Waals surface area contributed by atoms with Gasteiger partial charge in [-0.1, -0.05) is 0 Å². The van der Waals surface area contributed by atoms with Crippen LogP contribution in [0.1, 0.15) is 12.8 Å². The molecule has 0 saturated carbocycles. The zero-order chi connectivity index (χ0) is 9.52. The molecule has 0 unspecified atom stereocenters. The smallest absolute Gasteiger partial charge is 0.207 e. The summed E-state index contributed by atoms with van der Waals surface area (Å²) < 4.78 is 10.4. The van der Waals surface area contributed by atoms with Gasteiger partial charge in [0, 0.05) is 13.2 Å². The Labute approximate surface area is 77.0 Å². The number of hydrogen-bond donors (Lipinski definition) is 2. The van der Waals surface area contributed by atoms with Crippen molar-refractivity contribution in [3.63, 3.8) is 0 Å². The number of ether oxygens (including phenoxy) is 2. The van der Waals surface area contributed by atoms with Crippen molar-refractivity contribution in [2.24, 2.45) is 0 Å². The zero-order valence-corrected chi connectivity index (χ0v) is 7.44. The molecular formula is C8H15NO4. The number of hydrogen-bond acceptors (Lipinski definition) is 4. The highest BCUT2D eigenvalue weighted by atomic mass is 16.7. The highest BCUT2D eigenvalue weighted by Gasteiger charge is 2.23. The normalized spacial score (nSPS) is 28.4. The maximum Gasteiger partial charge on any atom is 0.207 e. The molecular weight excluding hydrogens is 174 g/mol. The van der Waals surface area contributed by atoms with Gasteiger partial charge in [-0.25, -0.2) is 0 Å². The monoisotopic (exact) mass is 189 g/mol. The lowest BCUT2D eigenvalue weighted by molar-refractivity contribution is -0.213. The summed E-state index contributed by atoms with van der Waals surface area (Å²) in [5.41, 5.74) is 0. The fourth-order valence-corrected chi connectivity index (χ4v) is 1.19. The standard InChI is InChI=1S/C8H15NO4/c10-6-9-3-5-13-8-7(11)2-1-4-12-8/h6-8,11H,1-5H2,(H,9,10)/t7-,8-/m0/s1. The highest BCUT2D eigenvalue weighted by Crippen LogP contribution is 2.14. The molecule has 0 aromatic carbocycles. The quantitative estimate of drug-likeness (QED) is 0.441. The number of amides is 1. The van der Waals surface area contributed by atoms with Gasteiger partial charge < -0.3 is 19.9 Å². The number of nitrogens with one attached hydrogen (secondary N) is 1. The number of aliphatic hydroxyl groups excluding tert-OH is 1. The second-order valence-corrected chi connectivity index (χ2v) is 2.89. The van der Waals surface area contributed by atoms with Crippen LogP contribution in [0.4, 0.5) is 0 Å². The van der Waals surface area contributed by atoms with Crippen molar-refractivity contribution < 1.29 is 19.4 Å². The number of rotatable bonds is 5. The Kier molecular flexibility index (Phi) is 4.74. The van der Waals surface area contributed by atoms with Gasteiger partial charge in [-0.2, -0.15) is 0 Å². The van der Waals surface area contributed by atoms with Gasteiger partial charge in [0.1, 0.15) is 6.10 Å². The largest absolute Gasteiger partial charge is 0.388 e. The first-order valence-electron chi connectivity index (χ1n) is 4.43. The van der Waals surface area contributed by atoms with Crippen LogP contribution in [-0.2, 0) is 14.3 Å². The van der Waals surface area contributed by atoms with Gasteiger partial charge in [-0.05, 0) is 12.8 Å². The molecule has 0 aromatic rings. The van der Waals surface area contributed by atoms with Gasteiger partial charge in [0.15, 0.2) is 6.29 Å². The van der Waals surface area contributed by atoms with E-state index in [1.807, 2.05) is 0 Å². The van der Waals surface area contributed by atoms with E-state index in [2.05, 4.69) is 5.32 Å². The first kappa shape index (κ1) is 10.4. The minimum atomic E-state index is -0.537. The van der Waals surface area contributed by atoms with E-state index in [0.717, 1.165) is 6.42 Å². The van der Waals surface area contributed by atoms with Gasteiger partial charge in [0.25, 0.3) is 0 Å². The maximum atomic E-state index is 9.87. The SMILES string of the molecule is O=CNCCO[C@@H]1OCCC[C@@H]1O. The Hall–Kier alpha value is -0.650. The maximum absolute atomic E-state index is 9.87. The molecule has 13 heavy (non-hydrogen) atoms. The van der Waals surface area contributed by atoms with Gasteiger partial charge in [-0.15, -0.1) is 0 Å². The first-order valence-corrected chi connectivity index (χ1v) is 4.43. The van der Waals surface area contributed by atoms with Crippen LogP contribution in [0.25, 0.3) is 0 Å². The minimum Gasteiger partial charge on any atom is -0.388 e. The van der Waals surface area contributed by atoms with Crippen LogP contribution in [0, 0.1) is 0 Å². The molecule has 1 aliphatic rings. The Bertz CT molecular complexity index is 153. The van der Waals surface area contributed by atoms with Crippen molar-refractivity contribution in [2.45, 2.75) is 25.2 Å². The summed E-state index contributed by atoms with van der Waals surface area (Å²) in [6, 6.07) is 0. The molecule has 1 amide bonds. The Morgan fingerprint density at radius 1 is 1.69 bits per heavy atom. The summed E-state index contributed by atoms with van der Waals surface area (Å²) in [5.74, 6) is 0. The van der Waals surface area contributed by atoms with E-state index < -0.39 is 12.4 Å². The fourth-order valence-electron chi connectivity index (χ4n) is 1.19. The predicted octanol–water partition coefficient (Wildman–Crippen LogP) is -0.754. The molecule has 1 rings (SSSR count). The van der Waals surface area contributed by atoms with E-state index in [4.69, 9.17) is 9.47 Å². The van der Waals surface area contributed by atoms with E-state index >= 15 is 0 Å². The van der Waals surface area contributed by atoms with E-state index in [1.54, 1.807) is 0 Å². The van der Waals surface area contributed by atoms with Crippen molar-refractivity contribution in [2.75, 3.05) is 19.8 Å². The second kappa shape index (κ2) is 5.90. The van der Waals surface area contributed by atoms with E-state index in [-0.39, 0.29) is 0 Å². The third-order valence-electron chi connectivity index (χ3n) is 1.85. The summed E-state index contributed by atoms with van der Waals surface area (Å²) >= 11 is 0. The summed E-state index contributed by atoms with van der Waals surface area (Å²) in [5, 5.41) is 11.8. The molecule has 0 aliphatic carbocycles. The van der Waals surface area contributed by atoms with Crippen LogP contribution < -0.4 is 5.32 Å². The van der Waals surface area contributed by atoms with Gasteiger partial charge in [0.2, 0.25) is 6.41 Å². The molecule has 1 saturated heterocycles. The average Bonchev–Trinajstić information content (AvgIpc) is 2.15. The number of carbonyl (C=O) groups excluding carboxylic acids is 1. The van der Waals surface area contributed by atoms with Crippen LogP contribution >= 0.6 is 0 Å². The minimum absolute atomic E-state index is 0.362. The molecule has 1 heterocycles. The number of aliphatic hydroxyl groups is 1. The van der Waals surface area contributed by atoms with Crippen molar-refractivity contribution in [1.82, 2.24) is 5.32 Å². The Morgan fingerprint density at radius 3 is 3.23 bits per heavy atom. The van der Waals surface area contributed by atoms with Crippen LogP contribution in [0.3, 0.4) is 0 Å². The van der Waals surface area contributed by atoms with Gasteiger partial charge in [0.05, 0.1) is 6.61 Å². The lowest BCUT2D eigenvalue weighted by Crippen LogP contribution is -2.37. The molecule has 0 radical (unpaired) electrons. The van der Waals surface area contributed by atoms with Crippen LogP contribution in [0.5, 0.6) is 0 Å². The lowest BCUT2D eigenvalue weighted by atomic mass is 10.1. The zero-order valence-electron chi connectivity index (χ0n) is 7.44. The molecule has 1 fully saturated rings. The predicted molar refractivity (Wildman–Crippen MR) is 45.0 cm³/mol. The lowest BCUT2D eigenvalue weighted by Gasteiger charge is -2.27. The van der Waals surface area contributed by atoms with E-state index in [9.17, 15) is 9.90 Å². The Morgan fingerprint density at radius 2 is 2.54 bits per heavy atom. The third kappa shape index (κ3) is 3.71. The molecule has 0 aromatic heterocycles. The van der Waals surface area contributed by atoms with Crippen molar-refractivity contribution >= 4 is 6.41 Å².